The lowest BCUT2D eigenvalue weighted by atomic mass is 10.2. The Balaban J connectivity index is 1.75. The summed E-state index contributed by atoms with van der Waals surface area (Å²) in [5.74, 6) is 0. The Bertz CT molecular complexity index is 416. The van der Waals surface area contributed by atoms with Crippen molar-refractivity contribution in [1.29, 1.82) is 0 Å². The highest BCUT2D eigenvalue weighted by Crippen LogP contribution is 2.08. The molecule has 2 rings (SSSR count). The van der Waals surface area contributed by atoms with Gasteiger partial charge < -0.3 is 15.4 Å². The molecule has 1 aromatic carbocycles. The third kappa shape index (κ3) is 3.95. The van der Waals surface area contributed by atoms with E-state index in [4.69, 9.17) is 10.5 Å². The maximum absolute atomic E-state index is 12.0. The van der Waals surface area contributed by atoms with Crippen LogP contribution in [0, 0.1) is 0 Å². The zero-order valence-corrected chi connectivity index (χ0v) is 12.0. The number of ether oxygens (including phenoxy) is 1. The molecule has 0 spiro atoms. The average molecular weight is 277 g/mol. The highest BCUT2D eigenvalue weighted by molar-refractivity contribution is 5.67. The van der Waals surface area contributed by atoms with Crippen molar-refractivity contribution < 1.29 is 9.53 Å². The molecule has 1 aliphatic heterocycles. The van der Waals surface area contributed by atoms with Gasteiger partial charge in [0, 0.05) is 38.8 Å². The summed E-state index contributed by atoms with van der Waals surface area (Å²) in [5.41, 5.74) is 6.67. The van der Waals surface area contributed by atoms with Crippen molar-refractivity contribution in [2.24, 2.45) is 5.73 Å². The number of hydrogen-bond donors (Lipinski definition) is 1. The van der Waals surface area contributed by atoms with Crippen LogP contribution in [0.5, 0.6) is 0 Å². The Morgan fingerprint density at radius 2 is 1.90 bits per heavy atom. The van der Waals surface area contributed by atoms with Crippen molar-refractivity contribution in [3.05, 3.63) is 35.9 Å². The summed E-state index contributed by atoms with van der Waals surface area (Å²) in [7, 11) is 0. The van der Waals surface area contributed by atoms with Gasteiger partial charge in [0.1, 0.15) is 6.61 Å². The summed E-state index contributed by atoms with van der Waals surface area (Å²) in [5, 5.41) is 0. The number of amides is 1. The van der Waals surface area contributed by atoms with Crippen LogP contribution >= 0.6 is 0 Å². The van der Waals surface area contributed by atoms with E-state index in [2.05, 4.69) is 11.8 Å². The highest BCUT2D eigenvalue weighted by atomic mass is 16.6. The number of benzene rings is 1. The van der Waals surface area contributed by atoms with E-state index < -0.39 is 0 Å². The summed E-state index contributed by atoms with van der Waals surface area (Å²) in [6.45, 7) is 6.23. The van der Waals surface area contributed by atoms with Crippen LogP contribution in [0.1, 0.15) is 12.5 Å². The van der Waals surface area contributed by atoms with Crippen LogP contribution in [0.15, 0.2) is 30.3 Å². The molecule has 20 heavy (non-hydrogen) atoms. The van der Waals surface area contributed by atoms with E-state index in [0.29, 0.717) is 32.3 Å². The van der Waals surface area contributed by atoms with Crippen LogP contribution < -0.4 is 5.73 Å². The molecule has 0 aromatic heterocycles. The average Bonchev–Trinajstić information content (AvgIpc) is 2.53. The number of carbonyl (C=O) groups excluding carboxylic acids is 1. The molecule has 1 atom stereocenters. The van der Waals surface area contributed by atoms with Crippen molar-refractivity contribution >= 4 is 6.09 Å². The van der Waals surface area contributed by atoms with Crippen molar-refractivity contribution in [2.75, 3.05) is 32.7 Å². The second-order valence-electron chi connectivity index (χ2n) is 5.15. The number of nitrogens with two attached hydrogens (primary N) is 1. The van der Waals surface area contributed by atoms with E-state index >= 15 is 0 Å². The Labute approximate surface area is 120 Å². The molecule has 1 fully saturated rings. The first-order chi connectivity index (χ1) is 9.70. The van der Waals surface area contributed by atoms with Gasteiger partial charge >= 0.3 is 6.09 Å². The minimum absolute atomic E-state index is 0.228. The van der Waals surface area contributed by atoms with Gasteiger partial charge in [0.15, 0.2) is 0 Å². The van der Waals surface area contributed by atoms with E-state index in [0.717, 1.165) is 18.7 Å². The summed E-state index contributed by atoms with van der Waals surface area (Å²) >= 11 is 0. The van der Waals surface area contributed by atoms with Gasteiger partial charge in [-0.25, -0.2) is 4.79 Å². The molecule has 1 amide bonds. The summed E-state index contributed by atoms with van der Waals surface area (Å²) in [6.07, 6.45) is -0.228. The van der Waals surface area contributed by atoms with Crippen molar-refractivity contribution in [3.8, 4) is 0 Å². The van der Waals surface area contributed by atoms with Gasteiger partial charge in [0.05, 0.1) is 0 Å². The fourth-order valence-electron chi connectivity index (χ4n) is 2.30. The number of hydrogen-bond acceptors (Lipinski definition) is 4. The van der Waals surface area contributed by atoms with E-state index in [1.54, 1.807) is 4.90 Å². The topological polar surface area (TPSA) is 58.8 Å². The van der Waals surface area contributed by atoms with Crippen LogP contribution in [-0.2, 0) is 11.3 Å². The van der Waals surface area contributed by atoms with Crippen LogP contribution in [0.4, 0.5) is 4.79 Å². The monoisotopic (exact) mass is 277 g/mol. The van der Waals surface area contributed by atoms with E-state index in [-0.39, 0.29) is 6.09 Å². The smallest absolute Gasteiger partial charge is 0.410 e. The van der Waals surface area contributed by atoms with Crippen LogP contribution in [0.3, 0.4) is 0 Å². The standard InChI is InChI=1S/C15H23N3O2/c1-13(11-16)17-7-9-18(10-8-17)15(19)20-12-14-5-3-2-4-6-14/h2-6,13H,7-12,16H2,1H3. The van der Waals surface area contributed by atoms with Gasteiger partial charge in [-0.1, -0.05) is 30.3 Å². The first-order valence-electron chi connectivity index (χ1n) is 7.10. The number of rotatable bonds is 4. The van der Waals surface area contributed by atoms with Gasteiger partial charge in [-0.15, -0.1) is 0 Å². The first kappa shape index (κ1) is 14.8. The largest absolute Gasteiger partial charge is 0.445 e. The summed E-state index contributed by atoms with van der Waals surface area (Å²) in [4.78, 5) is 16.1. The van der Waals surface area contributed by atoms with E-state index in [1.807, 2.05) is 30.3 Å². The molecular formula is C15H23N3O2. The quantitative estimate of drug-likeness (QED) is 0.901. The lowest BCUT2D eigenvalue weighted by Crippen LogP contribution is -2.52. The fraction of sp³-hybridized carbons (Fsp3) is 0.533. The second kappa shape index (κ2) is 7.26. The Morgan fingerprint density at radius 3 is 2.50 bits per heavy atom. The normalized spacial score (nSPS) is 17.8. The van der Waals surface area contributed by atoms with Crippen molar-refractivity contribution in [3.63, 3.8) is 0 Å². The minimum atomic E-state index is -0.228. The third-order valence-electron chi connectivity index (χ3n) is 3.74. The molecule has 1 aliphatic rings. The molecule has 0 saturated carbocycles. The van der Waals surface area contributed by atoms with Gasteiger partial charge in [0.2, 0.25) is 0 Å². The maximum Gasteiger partial charge on any atom is 0.410 e. The molecule has 1 aromatic rings. The maximum atomic E-state index is 12.0. The fourth-order valence-corrected chi connectivity index (χ4v) is 2.30. The molecule has 1 heterocycles. The number of carbonyl (C=O) groups is 1. The Hall–Kier alpha value is -1.59. The Morgan fingerprint density at radius 1 is 1.25 bits per heavy atom. The lowest BCUT2D eigenvalue weighted by molar-refractivity contribution is 0.0631. The number of nitrogens with zero attached hydrogens (tertiary/aromatic N) is 2. The minimum Gasteiger partial charge on any atom is -0.445 e. The molecule has 0 aliphatic carbocycles. The van der Waals surface area contributed by atoms with Crippen molar-refractivity contribution in [2.45, 2.75) is 19.6 Å². The van der Waals surface area contributed by atoms with E-state index in [9.17, 15) is 4.79 Å². The first-order valence-corrected chi connectivity index (χ1v) is 7.10. The zero-order valence-electron chi connectivity index (χ0n) is 12.0. The molecular weight excluding hydrogens is 254 g/mol. The van der Waals surface area contributed by atoms with Gasteiger partial charge in [-0.05, 0) is 12.5 Å². The van der Waals surface area contributed by atoms with Gasteiger partial charge in [-0.2, -0.15) is 0 Å². The molecule has 5 heteroatoms. The zero-order chi connectivity index (χ0) is 14.4. The molecule has 2 N–H and O–H groups in total. The lowest BCUT2D eigenvalue weighted by Gasteiger charge is -2.37. The van der Waals surface area contributed by atoms with Crippen molar-refractivity contribution in [1.82, 2.24) is 9.80 Å². The van der Waals surface area contributed by atoms with Crippen LogP contribution in [0.25, 0.3) is 0 Å². The predicted molar refractivity (Wildman–Crippen MR) is 78.3 cm³/mol. The predicted octanol–water partition coefficient (Wildman–Crippen LogP) is 1.29. The van der Waals surface area contributed by atoms with Gasteiger partial charge in [-0.3, -0.25) is 4.90 Å². The molecule has 1 saturated heterocycles. The highest BCUT2D eigenvalue weighted by Gasteiger charge is 2.24. The molecule has 1 unspecified atom stereocenters. The molecule has 110 valence electrons. The van der Waals surface area contributed by atoms with Gasteiger partial charge in [0.25, 0.3) is 0 Å². The Kier molecular flexibility index (Phi) is 5.38. The molecule has 5 nitrogen and oxygen atoms in total. The summed E-state index contributed by atoms with van der Waals surface area (Å²) < 4.78 is 5.33. The SMILES string of the molecule is CC(CN)N1CCN(C(=O)OCc2ccccc2)CC1. The van der Waals surface area contributed by atoms with E-state index in [1.165, 1.54) is 0 Å². The molecule has 0 bridgehead atoms. The third-order valence-corrected chi connectivity index (χ3v) is 3.74. The number of piperazine rings is 1. The molecule has 0 radical (unpaired) electrons. The van der Waals surface area contributed by atoms with Crippen LogP contribution in [-0.4, -0.2) is 54.7 Å². The summed E-state index contributed by atoms with van der Waals surface area (Å²) in [6, 6.07) is 10.1. The second-order valence-corrected chi connectivity index (χ2v) is 5.15. The van der Waals surface area contributed by atoms with Crippen LogP contribution in [0.2, 0.25) is 0 Å².